The van der Waals surface area contributed by atoms with Gasteiger partial charge in [0, 0.05) is 20.0 Å². The lowest BCUT2D eigenvalue weighted by molar-refractivity contribution is -0.142. The van der Waals surface area contributed by atoms with Gasteiger partial charge in [-0.3, -0.25) is 9.59 Å². The van der Waals surface area contributed by atoms with Crippen molar-refractivity contribution >= 4 is 11.9 Å². The van der Waals surface area contributed by atoms with Crippen molar-refractivity contribution in [3.05, 3.63) is 41.5 Å². The maximum Gasteiger partial charge on any atom is 0.308 e. The highest BCUT2D eigenvalue weighted by Gasteiger charge is 2.47. The molecule has 1 amide bonds. The van der Waals surface area contributed by atoms with E-state index in [2.05, 4.69) is 10.1 Å². The van der Waals surface area contributed by atoms with Crippen LogP contribution in [0.5, 0.6) is 5.75 Å². The summed E-state index contributed by atoms with van der Waals surface area (Å²) in [6.45, 7) is 2.51. The van der Waals surface area contributed by atoms with Gasteiger partial charge in [0.1, 0.15) is 5.75 Å². The van der Waals surface area contributed by atoms with Gasteiger partial charge in [0.05, 0.1) is 11.5 Å². The molecule has 4 rings (SSSR count). The summed E-state index contributed by atoms with van der Waals surface area (Å²) in [5.74, 6) is 0.224. The largest absolute Gasteiger partial charge is 0.485 e. The Morgan fingerprint density at radius 3 is 2.74 bits per heavy atom. The maximum absolute atomic E-state index is 13.0. The quantitative estimate of drug-likeness (QED) is 0.829. The van der Waals surface area contributed by atoms with Crippen molar-refractivity contribution in [2.75, 3.05) is 13.1 Å². The number of carbonyl (C=O) groups is 2. The standard InChI is InChI=1S/C19H21N3O5/c1-11-20-17(21-27-11)10-26-16-5-3-2-4-13(16)18(23)22-8-14(12-6-7-12)15(9-22)19(24)25/h2-5,12,14-15H,6-10H2,1H3,(H,24,25)/t14-,15+/m1/s1. The first kappa shape index (κ1) is 17.5. The Morgan fingerprint density at radius 1 is 1.30 bits per heavy atom. The van der Waals surface area contributed by atoms with Gasteiger partial charge in [0.25, 0.3) is 5.91 Å². The molecule has 1 saturated carbocycles. The second-order valence-corrected chi connectivity index (χ2v) is 7.17. The topological polar surface area (TPSA) is 106 Å². The van der Waals surface area contributed by atoms with Gasteiger partial charge in [-0.15, -0.1) is 0 Å². The van der Waals surface area contributed by atoms with Crippen LogP contribution in [0, 0.1) is 24.7 Å². The normalized spacial score (nSPS) is 22.0. The van der Waals surface area contributed by atoms with Gasteiger partial charge < -0.3 is 19.3 Å². The molecular formula is C19H21N3O5. The number of carbonyl (C=O) groups excluding carboxylic acids is 1. The van der Waals surface area contributed by atoms with Crippen LogP contribution in [0.15, 0.2) is 28.8 Å². The fourth-order valence-electron chi connectivity index (χ4n) is 3.74. The summed E-state index contributed by atoms with van der Waals surface area (Å²) < 4.78 is 10.6. The summed E-state index contributed by atoms with van der Waals surface area (Å²) in [5, 5.41) is 13.3. The number of hydrogen-bond donors (Lipinski definition) is 1. The molecule has 2 atom stereocenters. The highest BCUT2D eigenvalue weighted by Crippen LogP contribution is 2.44. The average molecular weight is 371 g/mol. The van der Waals surface area contributed by atoms with Crippen molar-refractivity contribution < 1.29 is 24.0 Å². The molecule has 2 aliphatic rings. The van der Waals surface area contributed by atoms with Crippen LogP contribution in [-0.4, -0.2) is 45.1 Å². The summed E-state index contributed by atoms with van der Waals surface area (Å²) in [7, 11) is 0. The number of likely N-dealkylation sites (tertiary alicyclic amines) is 1. The number of carboxylic acids is 1. The van der Waals surface area contributed by atoms with E-state index >= 15 is 0 Å². The maximum atomic E-state index is 13.0. The molecule has 8 nitrogen and oxygen atoms in total. The van der Waals surface area contributed by atoms with Crippen molar-refractivity contribution in [1.29, 1.82) is 0 Å². The second kappa shape index (κ2) is 7.02. The van der Waals surface area contributed by atoms with Gasteiger partial charge in [-0.25, -0.2) is 0 Å². The lowest BCUT2D eigenvalue weighted by Crippen LogP contribution is -2.30. The Bertz CT molecular complexity index is 861. The Hall–Kier alpha value is -2.90. The van der Waals surface area contributed by atoms with Crippen molar-refractivity contribution in [3.63, 3.8) is 0 Å². The molecule has 142 valence electrons. The van der Waals surface area contributed by atoms with Gasteiger partial charge in [0.2, 0.25) is 11.7 Å². The number of aryl methyl sites for hydroxylation is 1. The molecule has 1 aromatic heterocycles. The molecule has 0 spiro atoms. The zero-order chi connectivity index (χ0) is 19.0. The van der Waals surface area contributed by atoms with Crippen LogP contribution >= 0.6 is 0 Å². The number of ether oxygens (including phenoxy) is 1. The van der Waals surface area contributed by atoms with Gasteiger partial charge in [-0.2, -0.15) is 4.98 Å². The number of aromatic nitrogens is 2. The molecular weight excluding hydrogens is 350 g/mol. The van der Waals surface area contributed by atoms with E-state index in [1.807, 2.05) is 0 Å². The molecule has 1 saturated heterocycles. The number of benzene rings is 1. The minimum absolute atomic E-state index is 0.0434. The third-order valence-electron chi connectivity index (χ3n) is 5.24. The number of nitrogens with zero attached hydrogens (tertiary/aromatic N) is 3. The van der Waals surface area contributed by atoms with E-state index < -0.39 is 11.9 Å². The fraction of sp³-hybridized carbons (Fsp3) is 0.474. The Kier molecular flexibility index (Phi) is 4.55. The van der Waals surface area contributed by atoms with E-state index in [9.17, 15) is 14.7 Å². The van der Waals surface area contributed by atoms with Gasteiger partial charge >= 0.3 is 5.97 Å². The van der Waals surface area contributed by atoms with Gasteiger partial charge in [-0.05, 0) is 36.8 Å². The lowest BCUT2D eigenvalue weighted by atomic mass is 9.92. The van der Waals surface area contributed by atoms with E-state index in [0.29, 0.717) is 35.5 Å². The van der Waals surface area contributed by atoms with Crippen LogP contribution in [0.25, 0.3) is 0 Å². The van der Waals surface area contributed by atoms with Crippen LogP contribution in [0.2, 0.25) is 0 Å². The van der Waals surface area contributed by atoms with Crippen LogP contribution in [0.3, 0.4) is 0 Å². The van der Waals surface area contributed by atoms with E-state index in [0.717, 1.165) is 12.8 Å². The first-order valence-electron chi connectivity index (χ1n) is 9.06. The van der Waals surface area contributed by atoms with Crippen molar-refractivity contribution in [2.45, 2.75) is 26.4 Å². The van der Waals surface area contributed by atoms with E-state index in [1.165, 1.54) is 0 Å². The Balaban J connectivity index is 1.49. The number of para-hydroxylation sites is 1. The zero-order valence-electron chi connectivity index (χ0n) is 15.0. The number of rotatable bonds is 6. The number of carboxylic acid groups (broad SMARTS) is 1. The van der Waals surface area contributed by atoms with Gasteiger partial charge in [-0.1, -0.05) is 17.3 Å². The fourth-order valence-corrected chi connectivity index (χ4v) is 3.74. The Morgan fingerprint density at radius 2 is 2.07 bits per heavy atom. The monoisotopic (exact) mass is 371 g/mol. The summed E-state index contributed by atoms with van der Waals surface area (Å²) >= 11 is 0. The molecule has 1 aromatic carbocycles. The Labute approximate surface area is 156 Å². The molecule has 1 N–H and O–H groups in total. The van der Waals surface area contributed by atoms with Crippen LogP contribution in [-0.2, 0) is 11.4 Å². The number of amides is 1. The zero-order valence-corrected chi connectivity index (χ0v) is 15.0. The predicted molar refractivity (Wildman–Crippen MR) is 93.1 cm³/mol. The third-order valence-corrected chi connectivity index (χ3v) is 5.24. The summed E-state index contributed by atoms with van der Waals surface area (Å²) in [6, 6.07) is 6.95. The summed E-state index contributed by atoms with van der Waals surface area (Å²) in [5.41, 5.74) is 0.415. The number of hydrogen-bond acceptors (Lipinski definition) is 6. The first-order chi connectivity index (χ1) is 13.0. The molecule has 2 aromatic rings. The van der Waals surface area contributed by atoms with Crippen LogP contribution in [0.1, 0.15) is 34.9 Å². The molecule has 2 heterocycles. The average Bonchev–Trinajstić information content (AvgIpc) is 3.26. The molecule has 0 bridgehead atoms. The van der Waals surface area contributed by atoms with Crippen molar-refractivity contribution in [3.8, 4) is 5.75 Å². The van der Waals surface area contributed by atoms with Crippen molar-refractivity contribution in [2.24, 2.45) is 17.8 Å². The summed E-state index contributed by atoms with van der Waals surface area (Å²) in [6.07, 6.45) is 2.11. The number of aliphatic carboxylic acids is 1. The second-order valence-electron chi connectivity index (χ2n) is 7.17. The predicted octanol–water partition coefficient (Wildman–Crippen LogP) is 2.14. The molecule has 8 heteroatoms. The van der Waals surface area contributed by atoms with Crippen molar-refractivity contribution in [1.82, 2.24) is 15.0 Å². The minimum Gasteiger partial charge on any atom is -0.485 e. The molecule has 0 radical (unpaired) electrons. The third kappa shape index (κ3) is 3.65. The molecule has 1 aliphatic carbocycles. The highest BCUT2D eigenvalue weighted by molar-refractivity contribution is 5.97. The van der Waals surface area contributed by atoms with E-state index in [1.54, 1.807) is 36.1 Å². The van der Waals surface area contributed by atoms with E-state index in [-0.39, 0.29) is 25.0 Å². The van der Waals surface area contributed by atoms with E-state index in [4.69, 9.17) is 9.26 Å². The minimum atomic E-state index is -0.820. The van der Waals surface area contributed by atoms with Gasteiger partial charge in [0.15, 0.2) is 6.61 Å². The van der Waals surface area contributed by atoms with Crippen LogP contribution in [0.4, 0.5) is 0 Å². The smallest absolute Gasteiger partial charge is 0.308 e. The molecule has 0 unspecified atom stereocenters. The summed E-state index contributed by atoms with van der Waals surface area (Å²) in [4.78, 5) is 30.4. The molecule has 2 fully saturated rings. The lowest BCUT2D eigenvalue weighted by Gasteiger charge is -2.18. The molecule has 27 heavy (non-hydrogen) atoms. The molecule has 1 aliphatic heterocycles. The highest BCUT2D eigenvalue weighted by atomic mass is 16.5. The SMILES string of the molecule is Cc1nc(COc2ccccc2C(=O)N2C[C@H](C(=O)O)[C@@H](C3CC3)C2)no1. The first-order valence-corrected chi connectivity index (χ1v) is 9.06. The van der Waals surface area contributed by atoms with Crippen LogP contribution < -0.4 is 4.74 Å².